The van der Waals surface area contributed by atoms with Crippen LogP contribution in [-0.4, -0.2) is 41.5 Å². The van der Waals surface area contributed by atoms with Crippen LogP contribution in [-0.2, 0) is 10.0 Å². The molecule has 33 heavy (non-hydrogen) atoms. The summed E-state index contributed by atoms with van der Waals surface area (Å²) in [6.07, 6.45) is 3.32. The van der Waals surface area contributed by atoms with Crippen LogP contribution in [0.1, 0.15) is 30.3 Å². The molecule has 1 aromatic heterocycles. The molecule has 8 nitrogen and oxygen atoms in total. The summed E-state index contributed by atoms with van der Waals surface area (Å²) in [5, 5.41) is 7.30. The summed E-state index contributed by atoms with van der Waals surface area (Å²) in [6.45, 7) is 3.05. The fraction of sp³-hybridized carbons (Fsp3) is 0.261. The van der Waals surface area contributed by atoms with Crippen LogP contribution in [0, 0.1) is 5.92 Å². The maximum absolute atomic E-state index is 12.9. The smallest absolute Gasteiger partial charge is 0.280 e. The summed E-state index contributed by atoms with van der Waals surface area (Å²) in [7, 11) is -3.59. The molecule has 3 aromatic rings. The number of aromatic nitrogens is 2. The van der Waals surface area contributed by atoms with E-state index in [0.29, 0.717) is 35.4 Å². The Balaban J connectivity index is 1.52. The summed E-state index contributed by atoms with van der Waals surface area (Å²) in [5.74, 6) is -0.369. The monoisotopic (exact) mass is 486 g/mol. The van der Waals surface area contributed by atoms with Gasteiger partial charge in [-0.25, -0.2) is 13.1 Å². The first-order chi connectivity index (χ1) is 15.7. The van der Waals surface area contributed by atoms with Gasteiger partial charge in [0, 0.05) is 36.1 Å². The van der Waals surface area contributed by atoms with E-state index < -0.39 is 21.4 Å². The van der Waals surface area contributed by atoms with Crippen molar-refractivity contribution in [2.75, 3.05) is 18.4 Å². The molecule has 1 fully saturated rings. The van der Waals surface area contributed by atoms with Gasteiger partial charge in [0.1, 0.15) is 0 Å². The van der Waals surface area contributed by atoms with Crippen LogP contribution in [0.5, 0.6) is 0 Å². The first-order valence-electron chi connectivity index (χ1n) is 10.5. The van der Waals surface area contributed by atoms with E-state index in [-0.39, 0.29) is 10.6 Å². The van der Waals surface area contributed by atoms with Crippen molar-refractivity contribution in [1.82, 2.24) is 14.1 Å². The number of rotatable bonds is 5. The Kier molecular flexibility index (Phi) is 6.64. The minimum atomic E-state index is -3.59. The number of carbonyl (C=O) groups excluding carboxylic acids is 1. The van der Waals surface area contributed by atoms with Crippen LogP contribution < -0.4 is 10.7 Å². The molecule has 0 unspecified atom stereocenters. The summed E-state index contributed by atoms with van der Waals surface area (Å²) < 4.78 is 28.7. The summed E-state index contributed by atoms with van der Waals surface area (Å²) in [5.41, 5.74) is 0.173. The lowest BCUT2D eigenvalue weighted by atomic mass is 10.0. The fourth-order valence-electron chi connectivity index (χ4n) is 3.72. The van der Waals surface area contributed by atoms with Gasteiger partial charge in [-0.15, -0.1) is 0 Å². The van der Waals surface area contributed by atoms with Gasteiger partial charge in [0.25, 0.3) is 5.91 Å². The zero-order valence-corrected chi connectivity index (χ0v) is 19.5. The highest BCUT2D eigenvalue weighted by Gasteiger charge is 2.28. The van der Waals surface area contributed by atoms with Crippen molar-refractivity contribution in [3.05, 3.63) is 81.7 Å². The van der Waals surface area contributed by atoms with Crippen molar-refractivity contribution >= 4 is 33.2 Å². The third-order valence-corrected chi connectivity index (χ3v) is 7.62. The molecule has 1 amide bonds. The first-order valence-corrected chi connectivity index (χ1v) is 12.3. The van der Waals surface area contributed by atoms with Gasteiger partial charge in [-0.3, -0.25) is 9.59 Å². The molecule has 1 N–H and O–H groups in total. The highest BCUT2D eigenvalue weighted by molar-refractivity contribution is 7.89. The topological polar surface area (TPSA) is 101 Å². The van der Waals surface area contributed by atoms with Crippen LogP contribution >= 0.6 is 11.6 Å². The quantitative estimate of drug-likeness (QED) is 0.594. The first kappa shape index (κ1) is 23.2. The van der Waals surface area contributed by atoms with Gasteiger partial charge >= 0.3 is 0 Å². The molecule has 1 atom stereocenters. The number of amides is 1. The minimum absolute atomic E-state index is 0.164. The molecular formula is C23H23ClN4O4S. The number of hydrogen-bond donors (Lipinski definition) is 1. The normalized spacial score (nSPS) is 17.0. The predicted octanol–water partition coefficient (Wildman–Crippen LogP) is 3.56. The molecule has 4 rings (SSSR count). The van der Waals surface area contributed by atoms with E-state index >= 15 is 0 Å². The van der Waals surface area contributed by atoms with Gasteiger partial charge in [0.05, 0.1) is 10.6 Å². The molecule has 0 radical (unpaired) electrons. The summed E-state index contributed by atoms with van der Waals surface area (Å²) in [6, 6.07) is 13.9. The highest BCUT2D eigenvalue weighted by Crippen LogP contribution is 2.24. The molecule has 1 aliphatic heterocycles. The van der Waals surface area contributed by atoms with Crippen molar-refractivity contribution in [3.63, 3.8) is 0 Å². The van der Waals surface area contributed by atoms with Gasteiger partial charge in [-0.2, -0.15) is 9.40 Å². The molecule has 1 saturated heterocycles. The molecule has 0 saturated carbocycles. The minimum Gasteiger partial charge on any atom is -0.320 e. The lowest BCUT2D eigenvalue weighted by Crippen LogP contribution is -2.39. The molecule has 0 aliphatic carbocycles. The zero-order chi connectivity index (χ0) is 23.6. The van der Waals surface area contributed by atoms with E-state index in [9.17, 15) is 18.0 Å². The number of hydrogen-bond acceptors (Lipinski definition) is 5. The van der Waals surface area contributed by atoms with E-state index in [1.165, 1.54) is 45.5 Å². The van der Waals surface area contributed by atoms with Crippen molar-refractivity contribution in [3.8, 4) is 5.69 Å². The largest absolute Gasteiger partial charge is 0.320 e. The molecule has 10 heteroatoms. The highest BCUT2D eigenvalue weighted by atomic mass is 35.5. The maximum atomic E-state index is 12.9. The van der Waals surface area contributed by atoms with Crippen molar-refractivity contribution in [2.45, 2.75) is 24.7 Å². The maximum Gasteiger partial charge on any atom is 0.280 e. The third kappa shape index (κ3) is 5.16. The second-order valence-electron chi connectivity index (χ2n) is 8.04. The zero-order valence-electron chi connectivity index (χ0n) is 17.9. The Labute approximate surface area is 196 Å². The standard InChI is InChI=1S/C23H23ClN4O4S/c1-16-3-2-13-27(15-16)33(31,32)20-10-6-18(7-11-20)25-23(30)22-21(29)12-14-28(26-22)19-8-4-17(24)5-9-19/h4-12,14,16H,2-3,13,15H2,1H3,(H,25,30)/t16-/m1/s1. The van der Waals surface area contributed by atoms with Crippen LogP contribution in [0.15, 0.2) is 70.5 Å². The van der Waals surface area contributed by atoms with Crippen molar-refractivity contribution in [2.24, 2.45) is 5.92 Å². The van der Waals surface area contributed by atoms with Gasteiger partial charge in [-0.1, -0.05) is 18.5 Å². The van der Waals surface area contributed by atoms with E-state index in [1.54, 1.807) is 24.3 Å². The molecule has 2 aromatic carbocycles. The van der Waals surface area contributed by atoms with Gasteiger partial charge in [0.2, 0.25) is 15.5 Å². The van der Waals surface area contributed by atoms with Crippen molar-refractivity contribution < 1.29 is 13.2 Å². The van der Waals surface area contributed by atoms with E-state index in [0.717, 1.165) is 12.8 Å². The second kappa shape index (κ2) is 9.46. The Bertz CT molecular complexity index is 1320. The number of benzene rings is 2. The molecular weight excluding hydrogens is 464 g/mol. The second-order valence-corrected chi connectivity index (χ2v) is 10.4. The number of nitrogens with one attached hydrogen (secondary N) is 1. The molecule has 172 valence electrons. The Morgan fingerprint density at radius 1 is 1.09 bits per heavy atom. The number of piperidine rings is 1. The van der Waals surface area contributed by atoms with Gasteiger partial charge in [-0.05, 0) is 67.3 Å². The number of sulfonamides is 1. The average molecular weight is 487 g/mol. The Morgan fingerprint density at radius 2 is 1.79 bits per heavy atom. The predicted molar refractivity (Wildman–Crippen MR) is 126 cm³/mol. The Hall–Kier alpha value is -3.01. The van der Waals surface area contributed by atoms with Gasteiger partial charge < -0.3 is 5.32 Å². The summed E-state index contributed by atoms with van der Waals surface area (Å²) >= 11 is 5.90. The number of nitrogens with zero attached hydrogens (tertiary/aromatic N) is 3. The van der Waals surface area contributed by atoms with E-state index in [1.807, 2.05) is 6.92 Å². The summed E-state index contributed by atoms with van der Waals surface area (Å²) in [4.78, 5) is 25.1. The molecule has 0 bridgehead atoms. The fourth-order valence-corrected chi connectivity index (χ4v) is 5.44. The van der Waals surface area contributed by atoms with Crippen LogP contribution in [0.2, 0.25) is 5.02 Å². The van der Waals surface area contributed by atoms with Gasteiger partial charge in [0.15, 0.2) is 5.69 Å². The SMILES string of the molecule is C[C@@H]1CCCN(S(=O)(=O)c2ccc(NC(=O)c3nn(-c4ccc(Cl)cc4)ccc3=O)cc2)C1. The van der Waals surface area contributed by atoms with E-state index in [4.69, 9.17) is 11.6 Å². The van der Waals surface area contributed by atoms with Crippen molar-refractivity contribution in [1.29, 1.82) is 0 Å². The van der Waals surface area contributed by atoms with E-state index in [2.05, 4.69) is 10.4 Å². The van der Waals surface area contributed by atoms with Crippen LogP contribution in [0.3, 0.4) is 0 Å². The van der Waals surface area contributed by atoms with Crippen LogP contribution in [0.4, 0.5) is 5.69 Å². The molecule has 2 heterocycles. The van der Waals surface area contributed by atoms with Crippen LogP contribution in [0.25, 0.3) is 5.69 Å². The lowest BCUT2D eigenvalue weighted by Gasteiger charge is -2.30. The number of anilines is 1. The average Bonchev–Trinajstić information content (AvgIpc) is 2.80. The number of carbonyl (C=O) groups is 1. The Morgan fingerprint density at radius 3 is 2.45 bits per heavy atom. The lowest BCUT2D eigenvalue weighted by molar-refractivity contribution is 0.101. The molecule has 1 aliphatic rings. The number of halogens is 1. The molecule has 0 spiro atoms. The third-order valence-electron chi connectivity index (χ3n) is 5.48.